The van der Waals surface area contributed by atoms with Crippen molar-refractivity contribution >= 4 is 48.7 Å². The van der Waals surface area contributed by atoms with Gasteiger partial charge in [0.05, 0.1) is 0 Å². The van der Waals surface area contributed by atoms with E-state index in [1.54, 1.807) is 28.7 Å². The fourth-order valence-electron chi connectivity index (χ4n) is 2.21. The van der Waals surface area contributed by atoms with Gasteiger partial charge in [-0.2, -0.15) is 0 Å². The van der Waals surface area contributed by atoms with Crippen LogP contribution in [0, 0.1) is 5.82 Å². The summed E-state index contributed by atoms with van der Waals surface area (Å²) in [7, 11) is 1.97. The smallest absolute Gasteiger partial charge is 0.123 e. The maximum Gasteiger partial charge on any atom is 0.123 e. The second kappa shape index (κ2) is 5.93. The summed E-state index contributed by atoms with van der Waals surface area (Å²) < 4.78 is 15.6. The van der Waals surface area contributed by atoms with Gasteiger partial charge in [-0.25, -0.2) is 4.39 Å². The average Bonchev–Trinajstić information content (AvgIpc) is 3.01. The summed E-state index contributed by atoms with van der Waals surface area (Å²) in [5.41, 5.74) is 0. The quantitative estimate of drug-likeness (QED) is 0.651. The van der Waals surface area contributed by atoms with Gasteiger partial charge < -0.3 is 5.32 Å². The molecule has 2 aromatic heterocycles. The van der Waals surface area contributed by atoms with E-state index in [1.807, 2.05) is 13.1 Å². The Balaban J connectivity index is 1.92. The van der Waals surface area contributed by atoms with E-state index in [-0.39, 0.29) is 11.9 Å². The topological polar surface area (TPSA) is 12.0 Å². The van der Waals surface area contributed by atoms with Gasteiger partial charge in [-0.05, 0) is 64.1 Å². The van der Waals surface area contributed by atoms with Crippen LogP contribution in [0.4, 0.5) is 4.39 Å². The molecule has 0 aliphatic heterocycles. The van der Waals surface area contributed by atoms with Gasteiger partial charge in [0.2, 0.25) is 0 Å². The highest BCUT2D eigenvalue weighted by atomic mass is 79.9. The van der Waals surface area contributed by atoms with Crippen molar-refractivity contribution in [2.24, 2.45) is 0 Å². The largest absolute Gasteiger partial charge is 0.312 e. The maximum atomic E-state index is 13.3. The van der Waals surface area contributed by atoms with E-state index >= 15 is 0 Å². The maximum absolute atomic E-state index is 13.3. The Morgan fingerprint density at radius 1 is 1.30 bits per heavy atom. The summed E-state index contributed by atoms with van der Waals surface area (Å²) in [6, 6.07) is 9.40. The van der Waals surface area contributed by atoms with Gasteiger partial charge in [-0.15, -0.1) is 22.7 Å². The molecule has 0 amide bonds. The third kappa shape index (κ3) is 2.81. The fourth-order valence-corrected chi connectivity index (χ4v) is 4.92. The van der Waals surface area contributed by atoms with Gasteiger partial charge in [-0.1, -0.05) is 0 Å². The summed E-state index contributed by atoms with van der Waals surface area (Å²) in [5.74, 6) is -0.177. The molecule has 104 valence electrons. The molecular weight excluding hydrogens is 357 g/mol. The Kier molecular flexibility index (Phi) is 4.21. The van der Waals surface area contributed by atoms with Crippen molar-refractivity contribution in [3.63, 3.8) is 0 Å². The van der Waals surface area contributed by atoms with E-state index < -0.39 is 0 Å². The van der Waals surface area contributed by atoms with Crippen molar-refractivity contribution in [1.82, 2.24) is 5.32 Å². The van der Waals surface area contributed by atoms with Crippen molar-refractivity contribution in [2.45, 2.75) is 12.5 Å². The molecule has 2 heterocycles. The van der Waals surface area contributed by atoms with Crippen LogP contribution in [0.2, 0.25) is 0 Å². The predicted octanol–water partition coefficient (Wildman–Crippen LogP) is 5.37. The molecule has 0 aliphatic rings. The van der Waals surface area contributed by atoms with Crippen LogP contribution in [0.5, 0.6) is 0 Å². The minimum atomic E-state index is -0.177. The number of thiophene rings is 2. The number of nitrogens with one attached hydrogen (secondary N) is 1. The molecule has 0 saturated heterocycles. The van der Waals surface area contributed by atoms with E-state index in [2.05, 4.69) is 38.8 Å². The van der Waals surface area contributed by atoms with Gasteiger partial charge in [0, 0.05) is 31.4 Å². The van der Waals surface area contributed by atoms with Crippen LogP contribution in [0.3, 0.4) is 0 Å². The molecule has 1 atom stereocenters. The number of fused-ring (bicyclic) bond motifs is 1. The molecule has 0 spiro atoms. The summed E-state index contributed by atoms with van der Waals surface area (Å²) in [6.07, 6.45) is 0.935. The Bertz CT molecular complexity index is 734. The van der Waals surface area contributed by atoms with E-state index in [0.29, 0.717) is 0 Å². The first kappa shape index (κ1) is 14.2. The van der Waals surface area contributed by atoms with Gasteiger partial charge in [-0.3, -0.25) is 0 Å². The van der Waals surface area contributed by atoms with Crippen LogP contribution in [-0.4, -0.2) is 7.05 Å². The van der Waals surface area contributed by atoms with Gasteiger partial charge in [0.15, 0.2) is 0 Å². The zero-order valence-corrected chi connectivity index (χ0v) is 14.0. The van der Waals surface area contributed by atoms with E-state index in [4.69, 9.17) is 0 Å². The van der Waals surface area contributed by atoms with Crippen LogP contribution in [0.1, 0.15) is 15.8 Å². The minimum absolute atomic E-state index is 0.177. The molecule has 1 unspecified atom stereocenters. The molecule has 1 nitrogen and oxygen atoms in total. The van der Waals surface area contributed by atoms with Crippen LogP contribution < -0.4 is 5.32 Å². The summed E-state index contributed by atoms with van der Waals surface area (Å²) in [4.78, 5) is 2.57. The number of halogens is 2. The first-order chi connectivity index (χ1) is 9.67. The Morgan fingerprint density at radius 2 is 2.15 bits per heavy atom. The molecular formula is C15H13BrFNS2. The number of benzene rings is 1. The van der Waals surface area contributed by atoms with Crippen molar-refractivity contribution in [1.29, 1.82) is 0 Å². The fraction of sp³-hybridized carbons (Fsp3) is 0.200. The normalized spacial score (nSPS) is 12.9. The molecule has 0 bridgehead atoms. The van der Waals surface area contributed by atoms with Gasteiger partial charge in [0.1, 0.15) is 5.82 Å². The van der Waals surface area contributed by atoms with Gasteiger partial charge >= 0.3 is 0 Å². The standard InChI is InChI=1S/C15H13BrFNS2/c1-18-12(8-14-11(16)4-5-19-14)15-7-9-6-10(17)2-3-13(9)20-15/h2-7,12,18H,8H2,1H3. The monoisotopic (exact) mass is 369 g/mol. The molecule has 3 rings (SSSR count). The number of hydrogen-bond donors (Lipinski definition) is 1. The van der Waals surface area contributed by atoms with Crippen LogP contribution in [0.15, 0.2) is 40.2 Å². The molecule has 0 aliphatic carbocycles. The number of rotatable bonds is 4. The summed E-state index contributed by atoms with van der Waals surface area (Å²) in [5, 5.41) is 6.43. The molecule has 1 N–H and O–H groups in total. The Hall–Kier alpha value is -0.750. The highest BCUT2D eigenvalue weighted by Gasteiger charge is 2.16. The van der Waals surface area contributed by atoms with E-state index in [1.165, 1.54) is 15.8 Å². The average molecular weight is 370 g/mol. The summed E-state index contributed by atoms with van der Waals surface area (Å²) >= 11 is 7.06. The highest BCUT2D eigenvalue weighted by Crippen LogP contribution is 2.34. The van der Waals surface area contributed by atoms with Crippen molar-refractivity contribution < 1.29 is 4.39 Å². The van der Waals surface area contributed by atoms with Crippen LogP contribution in [-0.2, 0) is 6.42 Å². The first-order valence-corrected chi connectivity index (χ1v) is 8.74. The Morgan fingerprint density at radius 3 is 2.85 bits per heavy atom. The van der Waals surface area contributed by atoms with Gasteiger partial charge in [0.25, 0.3) is 0 Å². The highest BCUT2D eigenvalue weighted by molar-refractivity contribution is 9.10. The third-order valence-electron chi connectivity index (χ3n) is 3.27. The zero-order chi connectivity index (χ0) is 14.1. The molecule has 0 fully saturated rings. The minimum Gasteiger partial charge on any atom is -0.312 e. The SMILES string of the molecule is CNC(Cc1sccc1Br)c1cc2cc(F)ccc2s1. The lowest BCUT2D eigenvalue weighted by Crippen LogP contribution is -2.17. The second-order valence-electron chi connectivity index (χ2n) is 4.57. The number of likely N-dealkylation sites (N-methyl/N-ethyl adjacent to an activating group) is 1. The lowest BCUT2D eigenvalue weighted by molar-refractivity contribution is 0.606. The molecule has 0 radical (unpaired) electrons. The van der Waals surface area contributed by atoms with Crippen LogP contribution >= 0.6 is 38.6 Å². The number of hydrogen-bond acceptors (Lipinski definition) is 3. The first-order valence-electron chi connectivity index (χ1n) is 6.25. The van der Waals surface area contributed by atoms with Crippen molar-refractivity contribution in [2.75, 3.05) is 7.05 Å². The van der Waals surface area contributed by atoms with Crippen molar-refractivity contribution in [3.05, 3.63) is 55.8 Å². The molecule has 20 heavy (non-hydrogen) atoms. The summed E-state index contributed by atoms with van der Waals surface area (Å²) in [6.45, 7) is 0. The predicted molar refractivity (Wildman–Crippen MR) is 89.3 cm³/mol. The molecule has 5 heteroatoms. The zero-order valence-electron chi connectivity index (χ0n) is 10.8. The van der Waals surface area contributed by atoms with Crippen LogP contribution in [0.25, 0.3) is 10.1 Å². The lowest BCUT2D eigenvalue weighted by atomic mass is 10.1. The molecule has 0 saturated carbocycles. The third-order valence-corrected chi connectivity index (χ3v) is 6.45. The van der Waals surface area contributed by atoms with Crippen molar-refractivity contribution in [3.8, 4) is 0 Å². The second-order valence-corrected chi connectivity index (χ2v) is 7.54. The lowest BCUT2D eigenvalue weighted by Gasteiger charge is -2.13. The van der Waals surface area contributed by atoms with E-state index in [9.17, 15) is 4.39 Å². The molecule has 1 aromatic carbocycles. The Labute approximate surface area is 133 Å². The van der Waals surface area contributed by atoms with E-state index in [0.717, 1.165) is 21.0 Å². The molecule has 3 aromatic rings.